The molecule has 1 nitrogen and oxygen atoms in total. The van der Waals surface area contributed by atoms with Gasteiger partial charge in [-0.05, 0) is 69.8 Å². The summed E-state index contributed by atoms with van der Waals surface area (Å²) in [5.41, 5.74) is 11.5. The average Bonchev–Trinajstić information content (AvgIpc) is 3.34. The van der Waals surface area contributed by atoms with Crippen LogP contribution in [0.5, 0.6) is 0 Å². The molecule has 1 aliphatic rings. The summed E-state index contributed by atoms with van der Waals surface area (Å²) in [5, 5.41) is 3.29. The molecule has 168 valence electrons. The molecule has 6 aromatic rings. The number of fused-ring (bicyclic) bond motifs is 6. The second-order valence-corrected chi connectivity index (χ2v) is 10.4. The van der Waals surface area contributed by atoms with E-state index in [-0.39, 0.29) is 5.41 Å². The Bertz CT molecular complexity index is 1770. The van der Waals surface area contributed by atoms with E-state index in [1.165, 1.54) is 60.9 Å². The number of para-hydroxylation sites is 1. The first-order chi connectivity index (χ1) is 17.0. The van der Waals surface area contributed by atoms with E-state index in [2.05, 4.69) is 115 Å². The Balaban J connectivity index is 1.52. The van der Waals surface area contributed by atoms with Crippen molar-refractivity contribution in [3.63, 3.8) is 0 Å². The van der Waals surface area contributed by atoms with E-state index < -0.39 is 0 Å². The summed E-state index contributed by atoms with van der Waals surface area (Å²) in [4.78, 5) is 0. The molecule has 0 radical (unpaired) electrons. The van der Waals surface area contributed by atoms with Crippen molar-refractivity contribution < 1.29 is 0 Å². The van der Waals surface area contributed by atoms with Crippen LogP contribution in [0.2, 0.25) is 5.02 Å². The molecule has 0 atom stereocenters. The molecular weight excluding hydrogens is 446 g/mol. The second kappa shape index (κ2) is 7.34. The monoisotopic (exact) mass is 469 g/mol. The summed E-state index contributed by atoms with van der Waals surface area (Å²) >= 11 is 6.20. The molecule has 1 aromatic heterocycles. The van der Waals surface area contributed by atoms with Crippen LogP contribution < -0.4 is 0 Å². The van der Waals surface area contributed by atoms with Gasteiger partial charge < -0.3 is 4.57 Å². The Labute approximate surface area is 210 Å². The highest BCUT2D eigenvalue weighted by molar-refractivity contribution is 6.30. The van der Waals surface area contributed by atoms with Gasteiger partial charge in [0.25, 0.3) is 0 Å². The van der Waals surface area contributed by atoms with E-state index in [1.807, 2.05) is 12.1 Å². The van der Waals surface area contributed by atoms with Gasteiger partial charge in [-0.2, -0.15) is 0 Å². The molecular formula is C33H24ClN. The van der Waals surface area contributed by atoms with Crippen LogP contribution in [-0.4, -0.2) is 4.57 Å². The Morgan fingerprint density at radius 2 is 1.29 bits per heavy atom. The number of rotatable bonds is 2. The van der Waals surface area contributed by atoms with Gasteiger partial charge in [0, 0.05) is 26.9 Å². The summed E-state index contributed by atoms with van der Waals surface area (Å²) in [6, 6.07) is 39.3. The quantitative estimate of drug-likeness (QED) is 0.238. The molecule has 0 fully saturated rings. The van der Waals surface area contributed by atoms with E-state index in [9.17, 15) is 0 Å². The minimum atomic E-state index is -0.0326. The highest BCUT2D eigenvalue weighted by atomic mass is 35.5. The number of benzene rings is 5. The van der Waals surface area contributed by atoms with Gasteiger partial charge in [0.2, 0.25) is 0 Å². The Morgan fingerprint density at radius 1 is 0.600 bits per heavy atom. The molecule has 0 saturated carbocycles. The van der Waals surface area contributed by atoms with Crippen LogP contribution in [0, 0.1) is 0 Å². The number of nitrogens with zero attached hydrogens (tertiary/aromatic N) is 1. The lowest BCUT2D eigenvalue weighted by Gasteiger charge is -2.22. The van der Waals surface area contributed by atoms with Gasteiger partial charge in [-0.1, -0.05) is 98.2 Å². The number of hydrogen-bond acceptors (Lipinski definition) is 0. The summed E-state index contributed by atoms with van der Waals surface area (Å²) in [6.45, 7) is 4.68. The van der Waals surface area contributed by atoms with Crippen molar-refractivity contribution in [1.82, 2.24) is 4.57 Å². The van der Waals surface area contributed by atoms with Crippen molar-refractivity contribution in [3.8, 4) is 27.9 Å². The lowest BCUT2D eigenvalue weighted by atomic mass is 9.82. The fraction of sp³-hybridized carbons (Fsp3) is 0.0909. The minimum absolute atomic E-state index is 0.0326. The van der Waals surface area contributed by atoms with Crippen molar-refractivity contribution in [2.75, 3.05) is 0 Å². The molecule has 0 amide bonds. The maximum atomic E-state index is 6.20. The first kappa shape index (κ1) is 20.6. The predicted octanol–water partition coefficient (Wildman–Crippen LogP) is 9.41. The highest BCUT2D eigenvalue weighted by Crippen LogP contribution is 2.49. The van der Waals surface area contributed by atoms with Gasteiger partial charge >= 0.3 is 0 Å². The van der Waals surface area contributed by atoms with Crippen molar-refractivity contribution in [1.29, 1.82) is 0 Å². The topological polar surface area (TPSA) is 4.93 Å². The molecule has 0 spiro atoms. The number of aromatic nitrogens is 1. The van der Waals surface area contributed by atoms with Crippen molar-refractivity contribution >= 4 is 33.4 Å². The summed E-state index contributed by atoms with van der Waals surface area (Å²) < 4.78 is 2.42. The highest BCUT2D eigenvalue weighted by Gasteiger charge is 2.35. The summed E-state index contributed by atoms with van der Waals surface area (Å²) in [6.07, 6.45) is 0. The normalized spacial score (nSPS) is 13.8. The first-order valence-electron chi connectivity index (χ1n) is 12.1. The molecule has 0 bridgehead atoms. The van der Waals surface area contributed by atoms with Crippen LogP contribution in [0.3, 0.4) is 0 Å². The predicted molar refractivity (Wildman–Crippen MR) is 149 cm³/mol. The molecule has 0 N–H and O–H groups in total. The Hall–Kier alpha value is -3.81. The number of halogens is 1. The first-order valence-corrected chi connectivity index (χ1v) is 12.4. The molecule has 0 saturated heterocycles. The maximum absolute atomic E-state index is 6.20. The fourth-order valence-electron chi connectivity index (χ4n) is 6.00. The average molecular weight is 470 g/mol. The summed E-state index contributed by atoms with van der Waals surface area (Å²) in [5.74, 6) is 0. The molecule has 35 heavy (non-hydrogen) atoms. The fourth-order valence-corrected chi connectivity index (χ4v) is 6.12. The Kier molecular flexibility index (Phi) is 4.31. The van der Waals surface area contributed by atoms with Gasteiger partial charge in [-0.15, -0.1) is 0 Å². The third-order valence-corrected chi connectivity index (χ3v) is 7.93. The SMILES string of the molecule is CC1(C)c2ccccc2-c2ccc(-n3c4ccccc4c4c(-c5ccc(Cl)cc5)cccc43)cc21. The molecule has 5 aromatic carbocycles. The van der Waals surface area contributed by atoms with E-state index in [4.69, 9.17) is 11.6 Å². The third-order valence-electron chi connectivity index (χ3n) is 7.68. The molecule has 0 aliphatic heterocycles. The third kappa shape index (κ3) is 2.89. The molecule has 7 rings (SSSR count). The van der Waals surface area contributed by atoms with Crippen LogP contribution in [0.25, 0.3) is 49.7 Å². The standard InChI is InChI=1S/C33H24ClN/c1-33(2)28-11-5-3-8-25(28)26-19-18-23(20-29(26)33)35-30-12-6-4-9-27(30)32-24(10-7-13-31(32)35)21-14-16-22(34)17-15-21/h3-20H,1-2H3. The Morgan fingerprint density at radius 3 is 2.14 bits per heavy atom. The lowest BCUT2D eigenvalue weighted by molar-refractivity contribution is 0.660. The van der Waals surface area contributed by atoms with Crippen molar-refractivity contribution in [2.24, 2.45) is 0 Å². The van der Waals surface area contributed by atoms with Crippen LogP contribution in [-0.2, 0) is 5.41 Å². The van der Waals surface area contributed by atoms with Gasteiger partial charge in [0.1, 0.15) is 0 Å². The zero-order chi connectivity index (χ0) is 23.7. The van der Waals surface area contributed by atoms with Gasteiger partial charge in [0.05, 0.1) is 11.0 Å². The minimum Gasteiger partial charge on any atom is -0.309 e. The van der Waals surface area contributed by atoms with E-state index >= 15 is 0 Å². The molecule has 1 heterocycles. The van der Waals surface area contributed by atoms with Crippen LogP contribution in [0.4, 0.5) is 0 Å². The summed E-state index contributed by atoms with van der Waals surface area (Å²) in [7, 11) is 0. The van der Waals surface area contributed by atoms with Gasteiger partial charge in [-0.25, -0.2) is 0 Å². The van der Waals surface area contributed by atoms with E-state index in [1.54, 1.807) is 0 Å². The van der Waals surface area contributed by atoms with Crippen LogP contribution in [0.15, 0.2) is 109 Å². The smallest absolute Gasteiger partial charge is 0.0547 e. The van der Waals surface area contributed by atoms with E-state index in [0.717, 1.165) is 5.02 Å². The van der Waals surface area contributed by atoms with Gasteiger partial charge in [0.15, 0.2) is 0 Å². The lowest BCUT2D eigenvalue weighted by Crippen LogP contribution is -2.15. The zero-order valence-corrected chi connectivity index (χ0v) is 20.5. The van der Waals surface area contributed by atoms with Crippen LogP contribution in [0.1, 0.15) is 25.0 Å². The van der Waals surface area contributed by atoms with Crippen molar-refractivity contribution in [2.45, 2.75) is 19.3 Å². The van der Waals surface area contributed by atoms with Crippen LogP contribution >= 0.6 is 11.6 Å². The number of hydrogen-bond donors (Lipinski definition) is 0. The van der Waals surface area contributed by atoms with E-state index in [0.29, 0.717) is 0 Å². The van der Waals surface area contributed by atoms with Gasteiger partial charge in [-0.3, -0.25) is 0 Å². The largest absolute Gasteiger partial charge is 0.309 e. The molecule has 0 unspecified atom stereocenters. The maximum Gasteiger partial charge on any atom is 0.0547 e. The molecule has 1 aliphatic carbocycles. The second-order valence-electron chi connectivity index (χ2n) is 9.96. The molecule has 2 heteroatoms. The van der Waals surface area contributed by atoms with Crippen molar-refractivity contribution in [3.05, 3.63) is 125 Å². The zero-order valence-electron chi connectivity index (χ0n) is 19.7.